The monoisotopic (exact) mass is 302 g/mol. The Labute approximate surface area is 128 Å². The molecule has 0 aliphatic carbocycles. The number of hydrogen-bond donors (Lipinski definition) is 0. The Morgan fingerprint density at radius 3 is 2.76 bits per heavy atom. The Morgan fingerprint density at radius 2 is 2.00 bits per heavy atom. The SMILES string of the molecule is Cc1ccc2nc(CCl)n(CCc3ccccc3F)c2c1. The number of rotatable bonds is 4. The number of imidazole rings is 1. The molecule has 4 heteroatoms. The number of fused-ring (bicyclic) bond motifs is 1. The zero-order chi connectivity index (χ0) is 14.8. The lowest BCUT2D eigenvalue weighted by atomic mass is 10.1. The van der Waals surface area contributed by atoms with Crippen molar-refractivity contribution in [2.45, 2.75) is 25.8 Å². The summed E-state index contributed by atoms with van der Waals surface area (Å²) < 4.78 is 15.8. The van der Waals surface area contributed by atoms with Crippen molar-refractivity contribution in [3.63, 3.8) is 0 Å². The lowest BCUT2D eigenvalue weighted by Gasteiger charge is -2.09. The first kappa shape index (κ1) is 14.1. The van der Waals surface area contributed by atoms with Crippen LogP contribution in [0.5, 0.6) is 0 Å². The molecular weight excluding hydrogens is 287 g/mol. The van der Waals surface area contributed by atoms with Gasteiger partial charge in [0.1, 0.15) is 11.6 Å². The third-order valence-corrected chi connectivity index (χ3v) is 3.90. The molecule has 0 aliphatic heterocycles. The van der Waals surface area contributed by atoms with Crippen molar-refractivity contribution >= 4 is 22.6 Å². The van der Waals surface area contributed by atoms with Gasteiger partial charge in [-0.05, 0) is 42.7 Å². The minimum absolute atomic E-state index is 0.162. The summed E-state index contributed by atoms with van der Waals surface area (Å²) in [7, 11) is 0. The molecule has 0 spiro atoms. The van der Waals surface area contributed by atoms with Crippen LogP contribution >= 0.6 is 11.6 Å². The second kappa shape index (κ2) is 5.86. The predicted octanol–water partition coefficient (Wildman–Crippen LogP) is 4.47. The lowest BCUT2D eigenvalue weighted by Crippen LogP contribution is -2.06. The van der Waals surface area contributed by atoms with E-state index in [4.69, 9.17) is 11.6 Å². The standard InChI is InChI=1S/C17H16ClFN2/c1-12-6-7-15-16(10-12)21(17(11-18)20-15)9-8-13-4-2-3-5-14(13)19/h2-7,10H,8-9,11H2,1H3. The first-order valence-electron chi connectivity index (χ1n) is 6.94. The summed E-state index contributed by atoms with van der Waals surface area (Å²) >= 11 is 6.00. The van der Waals surface area contributed by atoms with Crippen LogP contribution in [0.25, 0.3) is 11.0 Å². The molecule has 1 heterocycles. The van der Waals surface area contributed by atoms with Gasteiger partial charge in [-0.15, -0.1) is 11.6 Å². The zero-order valence-electron chi connectivity index (χ0n) is 11.8. The predicted molar refractivity (Wildman–Crippen MR) is 84.1 cm³/mol. The van der Waals surface area contributed by atoms with Crippen LogP contribution in [0.2, 0.25) is 0 Å². The Morgan fingerprint density at radius 1 is 1.19 bits per heavy atom. The number of nitrogens with zero attached hydrogens (tertiary/aromatic N) is 2. The molecule has 0 aliphatic rings. The molecule has 2 nitrogen and oxygen atoms in total. The first-order valence-corrected chi connectivity index (χ1v) is 7.47. The number of aromatic nitrogens is 2. The van der Waals surface area contributed by atoms with Gasteiger partial charge >= 0.3 is 0 Å². The topological polar surface area (TPSA) is 17.8 Å². The first-order chi connectivity index (χ1) is 10.2. The molecular formula is C17H16ClFN2. The van der Waals surface area contributed by atoms with Crippen molar-refractivity contribution in [2.24, 2.45) is 0 Å². The highest BCUT2D eigenvalue weighted by Crippen LogP contribution is 2.20. The molecule has 0 unspecified atom stereocenters. The smallest absolute Gasteiger partial charge is 0.126 e. The summed E-state index contributed by atoms with van der Waals surface area (Å²) in [5.41, 5.74) is 3.88. The van der Waals surface area contributed by atoms with Crippen LogP contribution in [-0.2, 0) is 18.8 Å². The van der Waals surface area contributed by atoms with Gasteiger partial charge in [0.15, 0.2) is 0 Å². The number of aryl methyl sites for hydroxylation is 3. The van der Waals surface area contributed by atoms with Gasteiger partial charge in [-0.3, -0.25) is 0 Å². The number of benzene rings is 2. The van der Waals surface area contributed by atoms with Crippen LogP contribution in [0.15, 0.2) is 42.5 Å². The average molecular weight is 303 g/mol. The molecule has 0 saturated carbocycles. The van der Waals surface area contributed by atoms with E-state index in [9.17, 15) is 4.39 Å². The molecule has 0 bridgehead atoms. The molecule has 108 valence electrons. The third-order valence-electron chi connectivity index (χ3n) is 3.66. The fourth-order valence-electron chi connectivity index (χ4n) is 2.57. The molecule has 0 saturated heterocycles. The number of hydrogen-bond acceptors (Lipinski definition) is 1. The average Bonchev–Trinajstić information content (AvgIpc) is 2.83. The third kappa shape index (κ3) is 2.79. The van der Waals surface area contributed by atoms with Crippen LogP contribution in [0.1, 0.15) is 17.0 Å². The van der Waals surface area contributed by atoms with Crippen molar-refractivity contribution in [2.75, 3.05) is 0 Å². The largest absolute Gasteiger partial charge is 0.327 e. The van der Waals surface area contributed by atoms with Crippen molar-refractivity contribution in [3.05, 3.63) is 65.2 Å². The fourth-order valence-corrected chi connectivity index (χ4v) is 2.77. The molecule has 0 atom stereocenters. The zero-order valence-corrected chi connectivity index (χ0v) is 12.6. The Hall–Kier alpha value is -1.87. The number of alkyl halides is 1. The van der Waals surface area contributed by atoms with Crippen molar-refractivity contribution in [3.8, 4) is 0 Å². The normalized spacial score (nSPS) is 11.2. The molecule has 3 aromatic rings. The molecule has 1 aromatic heterocycles. The van der Waals surface area contributed by atoms with Gasteiger partial charge in [0.2, 0.25) is 0 Å². The number of halogens is 2. The summed E-state index contributed by atoms with van der Waals surface area (Å²) in [6, 6.07) is 13.0. The minimum Gasteiger partial charge on any atom is -0.327 e. The van der Waals surface area contributed by atoms with E-state index in [0.717, 1.165) is 16.9 Å². The van der Waals surface area contributed by atoms with Gasteiger partial charge in [-0.1, -0.05) is 24.3 Å². The fraction of sp³-hybridized carbons (Fsp3) is 0.235. The quantitative estimate of drug-likeness (QED) is 0.650. The van der Waals surface area contributed by atoms with Gasteiger partial charge < -0.3 is 4.57 Å². The highest BCUT2D eigenvalue weighted by molar-refractivity contribution is 6.16. The second-order valence-electron chi connectivity index (χ2n) is 5.15. The molecule has 0 amide bonds. The van der Waals surface area contributed by atoms with E-state index in [1.165, 1.54) is 11.6 Å². The Kier molecular flexibility index (Phi) is 3.93. The molecule has 0 fully saturated rings. The lowest BCUT2D eigenvalue weighted by molar-refractivity contribution is 0.593. The highest BCUT2D eigenvalue weighted by Gasteiger charge is 2.11. The molecule has 0 N–H and O–H groups in total. The van der Waals surface area contributed by atoms with E-state index in [1.807, 2.05) is 31.2 Å². The van der Waals surface area contributed by atoms with Crippen LogP contribution in [-0.4, -0.2) is 9.55 Å². The molecule has 3 rings (SSSR count). The molecule has 21 heavy (non-hydrogen) atoms. The van der Waals surface area contributed by atoms with Crippen molar-refractivity contribution < 1.29 is 4.39 Å². The van der Waals surface area contributed by atoms with Gasteiger partial charge in [0.05, 0.1) is 16.9 Å². The minimum atomic E-state index is -0.162. The summed E-state index contributed by atoms with van der Waals surface area (Å²) in [6.07, 6.45) is 0.621. The Balaban J connectivity index is 1.96. The molecule has 2 aromatic carbocycles. The van der Waals surface area contributed by atoms with Crippen LogP contribution in [0, 0.1) is 12.7 Å². The van der Waals surface area contributed by atoms with Crippen molar-refractivity contribution in [1.29, 1.82) is 0 Å². The summed E-state index contributed by atoms with van der Waals surface area (Å²) in [4.78, 5) is 4.54. The summed E-state index contributed by atoms with van der Waals surface area (Å²) in [6.45, 7) is 2.72. The van der Waals surface area contributed by atoms with Crippen LogP contribution in [0.4, 0.5) is 4.39 Å². The molecule has 0 radical (unpaired) electrons. The summed E-state index contributed by atoms with van der Waals surface area (Å²) in [5, 5.41) is 0. The van der Waals surface area contributed by atoms with E-state index >= 15 is 0 Å². The van der Waals surface area contributed by atoms with Gasteiger partial charge in [-0.2, -0.15) is 0 Å². The van der Waals surface area contributed by atoms with Gasteiger partial charge in [0, 0.05) is 6.54 Å². The maximum absolute atomic E-state index is 13.7. The highest BCUT2D eigenvalue weighted by atomic mass is 35.5. The summed E-state index contributed by atoms with van der Waals surface area (Å²) in [5.74, 6) is 1.02. The van der Waals surface area contributed by atoms with Crippen molar-refractivity contribution in [1.82, 2.24) is 9.55 Å². The maximum Gasteiger partial charge on any atom is 0.126 e. The van der Waals surface area contributed by atoms with Gasteiger partial charge in [0.25, 0.3) is 0 Å². The van der Waals surface area contributed by atoms with Crippen LogP contribution < -0.4 is 0 Å². The van der Waals surface area contributed by atoms with Gasteiger partial charge in [-0.25, -0.2) is 9.37 Å². The van der Waals surface area contributed by atoms with E-state index < -0.39 is 0 Å². The Bertz CT molecular complexity index is 780. The van der Waals surface area contributed by atoms with E-state index in [-0.39, 0.29) is 5.82 Å². The second-order valence-corrected chi connectivity index (χ2v) is 5.41. The van der Waals surface area contributed by atoms with E-state index in [2.05, 4.69) is 15.6 Å². The van der Waals surface area contributed by atoms with E-state index in [0.29, 0.717) is 24.4 Å². The van der Waals surface area contributed by atoms with E-state index in [1.54, 1.807) is 6.07 Å². The van der Waals surface area contributed by atoms with Crippen LogP contribution in [0.3, 0.4) is 0 Å². The maximum atomic E-state index is 13.7.